The van der Waals surface area contributed by atoms with Crippen molar-refractivity contribution in [2.45, 2.75) is 23.8 Å². The number of carbonyl (C=O) groups excluding carboxylic acids is 1. The van der Waals surface area contributed by atoms with Crippen LogP contribution in [0.25, 0.3) is 0 Å². The van der Waals surface area contributed by atoms with Gasteiger partial charge in [0.25, 0.3) is 0 Å². The van der Waals surface area contributed by atoms with Crippen LogP contribution in [-0.4, -0.2) is 43.2 Å². The van der Waals surface area contributed by atoms with Crippen LogP contribution in [0.3, 0.4) is 0 Å². The topological polar surface area (TPSA) is 110 Å². The van der Waals surface area contributed by atoms with Gasteiger partial charge in [-0.1, -0.05) is 0 Å². The third-order valence-electron chi connectivity index (χ3n) is 3.13. The van der Waals surface area contributed by atoms with E-state index in [1.807, 2.05) is 0 Å². The molecule has 1 fully saturated rings. The molecule has 1 amide bonds. The number of halogens is 1. The molecule has 0 aliphatic heterocycles. The third kappa shape index (κ3) is 3.57. The van der Waals surface area contributed by atoms with Gasteiger partial charge in [-0.15, -0.1) is 0 Å². The number of nitrogens with one attached hydrogen (secondary N) is 1. The number of sulfonamides is 1. The summed E-state index contributed by atoms with van der Waals surface area (Å²) in [7, 11) is -2.94. The molecule has 2 rings (SSSR count). The summed E-state index contributed by atoms with van der Waals surface area (Å²) in [6.45, 7) is -0.413. The van der Waals surface area contributed by atoms with Crippen LogP contribution >= 0.6 is 0 Å². The van der Waals surface area contributed by atoms with Crippen molar-refractivity contribution in [3.8, 4) is 0 Å². The standard InChI is InChI=1S/C12H14FN3O5S/c1-15(7-12(17)14-8-2-3-8)22(20,21)9-4-5-10(13)11(6-9)16(18)19/h4-6,8H,2-3,7H2,1H3,(H,14,17). The zero-order valence-corrected chi connectivity index (χ0v) is 12.5. The molecule has 0 aromatic heterocycles. The molecule has 120 valence electrons. The summed E-state index contributed by atoms with van der Waals surface area (Å²) in [5.74, 6) is -1.58. The summed E-state index contributed by atoms with van der Waals surface area (Å²) in [6.07, 6.45) is 1.73. The Kier molecular flexibility index (Phi) is 4.42. The number of hydrogen-bond acceptors (Lipinski definition) is 5. The fraction of sp³-hybridized carbons (Fsp3) is 0.417. The lowest BCUT2D eigenvalue weighted by atomic mass is 10.3. The predicted molar refractivity (Wildman–Crippen MR) is 74.0 cm³/mol. The van der Waals surface area contributed by atoms with E-state index in [9.17, 15) is 27.7 Å². The monoisotopic (exact) mass is 331 g/mol. The molecule has 1 saturated carbocycles. The minimum absolute atomic E-state index is 0.0931. The fourth-order valence-corrected chi connectivity index (χ4v) is 2.91. The van der Waals surface area contributed by atoms with E-state index in [0.29, 0.717) is 12.1 Å². The Morgan fingerprint density at radius 1 is 1.50 bits per heavy atom. The Balaban J connectivity index is 2.19. The first kappa shape index (κ1) is 16.3. The van der Waals surface area contributed by atoms with Gasteiger partial charge in [-0.25, -0.2) is 8.42 Å². The van der Waals surface area contributed by atoms with Gasteiger partial charge in [-0.2, -0.15) is 8.70 Å². The van der Waals surface area contributed by atoms with Crippen molar-refractivity contribution in [3.05, 3.63) is 34.1 Å². The minimum atomic E-state index is -4.12. The first-order chi connectivity index (χ1) is 10.2. The van der Waals surface area contributed by atoms with Gasteiger partial charge in [0.2, 0.25) is 21.7 Å². The smallest absolute Gasteiger partial charge is 0.306 e. The van der Waals surface area contributed by atoms with Crippen molar-refractivity contribution in [3.63, 3.8) is 0 Å². The summed E-state index contributed by atoms with van der Waals surface area (Å²) in [4.78, 5) is 20.8. The highest BCUT2D eigenvalue weighted by Crippen LogP contribution is 2.23. The predicted octanol–water partition coefficient (Wildman–Crippen LogP) is 0.633. The average Bonchev–Trinajstić information content (AvgIpc) is 3.22. The van der Waals surface area contributed by atoms with Crippen LogP contribution in [0.2, 0.25) is 0 Å². The molecule has 0 heterocycles. The highest BCUT2D eigenvalue weighted by atomic mass is 32.2. The van der Waals surface area contributed by atoms with E-state index in [4.69, 9.17) is 0 Å². The number of carbonyl (C=O) groups is 1. The van der Waals surface area contributed by atoms with Gasteiger partial charge in [0.05, 0.1) is 16.4 Å². The molecule has 0 spiro atoms. The zero-order valence-electron chi connectivity index (χ0n) is 11.7. The number of amides is 1. The van der Waals surface area contributed by atoms with Crippen LogP contribution in [0.15, 0.2) is 23.1 Å². The Morgan fingerprint density at radius 3 is 2.68 bits per heavy atom. The van der Waals surface area contributed by atoms with Crippen molar-refractivity contribution in [2.24, 2.45) is 0 Å². The number of nitro benzene ring substituents is 1. The van der Waals surface area contributed by atoms with E-state index in [0.717, 1.165) is 23.2 Å². The summed E-state index contributed by atoms with van der Waals surface area (Å²) < 4.78 is 38.5. The molecule has 0 unspecified atom stereocenters. The summed E-state index contributed by atoms with van der Waals surface area (Å²) in [6, 6.07) is 2.37. The van der Waals surface area contributed by atoms with E-state index in [1.54, 1.807) is 0 Å². The van der Waals surface area contributed by atoms with Gasteiger partial charge in [0, 0.05) is 19.2 Å². The van der Waals surface area contributed by atoms with Crippen LogP contribution in [0.4, 0.5) is 10.1 Å². The molecule has 22 heavy (non-hydrogen) atoms. The Bertz CT molecular complexity index is 717. The lowest BCUT2D eigenvalue weighted by Crippen LogP contribution is -2.39. The highest BCUT2D eigenvalue weighted by molar-refractivity contribution is 7.89. The quantitative estimate of drug-likeness (QED) is 0.607. The maximum absolute atomic E-state index is 13.3. The van der Waals surface area contributed by atoms with Gasteiger partial charge in [-0.3, -0.25) is 14.9 Å². The maximum Gasteiger partial charge on any atom is 0.306 e. The average molecular weight is 331 g/mol. The number of rotatable bonds is 6. The van der Waals surface area contributed by atoms with Crippen molar-refractivity contribution in [1.29, 1.82) is 0 Å². The highest BCUT2D eigenvalue weighted by Gasteiger charge is 2.28. The molecular weight excluding hydrogens is 317 g/mol. The second kappa shape index (κ2) is 5.97. The van der Waals surface area contributed by atoms with Gasteiger partial charge >= 0.3 is 5.69 Å². The third-order valence-corrected chi connectivity index (χ3v) is 4.93. The molecule has 1 aromatic carbocycles. The van der Waals surface area contributed by atoms with Crippen LogP contribution < -0.4 is 5.32 Å². The van der Waals surface area contributed by atoms with Crippen LogP contribution in [-0.2, 0) is 14.8 Å². The molecular formula is C12H14FN3O5S. The summed E-state index contributed by atoms with van der Waals surface area (Å²) >= 11 is 0. The van der Waals surface area contributed by atoms with Crippen LogP contribution in [0.5, 0.6) is 0 Å². The number of nitro groups is 1. The van der Waals surface area contributed by atoms with E-state index < -0.39 is 43.8 Å². The molecule has 0 saturated heterocycles. The SMILES string of the molecule is CN(CC(=O)NC1CC1)S(=O)(=O)c1ccc(F)c([N+](=O)[O-])c1. The van der Waals surface area contributed by atoms with Crippen LogP contribution in [0.1, 0.15) is 12.8 Å². The lowest BCUT2D eigenvalue weighted by Gasteiger charge is -2.16. The Hall–Kier alpha value is -2.07. The van der Waals surface area contributed by atoms with Crippen molar-refractivity contribution in [1.82, 2.24) is 9.62 Å². The molecule has 1 aromatic rings. The normalized spacial score (nSPS) is 14.9. The molecule has 1 aliphatic rings. The summed E-state index contributed by atoms with van der Waals surface area (Å²) in [5, 5.41) is 13.3. The molecule has 0 bridgehead atoms. The first-order valence-corrected chi connectivity index (χ1v) is 7.85. The molecule has 0 radical (unpaired) electrons. The number of likely N-dealkylation sites (N-methyl/N-ethyl adjacent to an activating group) is 1. The van der Waals surface area contributed by atoms with Gasteiger partial charge in [-0.05, 0) is 25.0 Å². The van der Waals surface area contributed by atoms with E-state index in [1.165, 1.54) is 7.05 Å². The van der Waals surface area contributed by atoms with E-state index in [-0.39, 0.29) is 6.04 Å². The van der Waals surface area contributed by atoms with Crippen molar-refractivity contribution >= 4 is 21.6 Å². The molecule has 8 nitrogen and oxygen atoms in total. The fourth-order valence-electron chi connectivity index (χ4n) is 1.76. The molecule has 0 atom stereocenters. The van der Waals surface area contributed by atoms with Gasteiger partial charge < -0.3 is 5.32 Å². The lowest BCUT2D eigenvalue weighted by molar-refractivity contribution is -0.387. The first-order valence-electron chi connectivity index (χ1n) is 6.41. The van der Waals surface area contributed by atoms with Gasteiger partial charge in [0.15, 0.2) is 0 Å². The van der Waals surface area contributed by atoms with Crippen LogP contribution in [0, 0.1) is 15.9 Å². The van der Waals surface area contributed by atoms with E-state index in [2.05, 4.69) is 5.32 Å². The summed E-state index contributed by atoms with van der Waals surface area (Å²) in [5.41, 5.74) is -0.933. The zero-order chi connectivity index (χ0) is 16.5. The van der Waals surface area contributed by atoms with E-state index >= 15 is 0 Å². The van der Waals surface area contributed by atoms with Crippen molar-refractivity contribution < 1.29 is 22.5 Å². The maximum atomic E-state index is 13.3. The minimum Gasteiger partial charge on any atom is -0.352 e. The second-order valence-corrected chi connectivity index (χ2v) is 7.02. The number of benzene rings is 1. The van der Waals surface area contributed by atoms with Gasteiger partial charge in [0.1, 0.15) is 0 Å². The molecule has 10 heteroatoms. The number of hydrogen-bond donors (Lipinski definition) is 1. The molecule has 1 aliphatic carbocycles. The largest absolute Gasteiger partial charge is 0.352 e. The molecule has 1 N–H and O–H groups in total. The van der Waals surface area contributed by atoms with Crippen molar-refractivity contribution in [2.75, 3.05) is 13.6 Å². The Labute approximate surface area is 126 Å². The second-order valence-electron chi connectivity index (χ2n) is 4.97. The number of nitrogens with zero attached hydrogens (tertiary/aromatic N) is 2. The Morgan fingerprint density at radius 2 is 2.14 bits per heavy atom.